The average Bonchev–Trinajstić information content (AvgIpc) is 2.82. The number of rotatable bonds is 6. The molecule has 0 amide bonds. The van der Waals surface area contributed by atoms with Crippen molar-refractivity contribution in [2.45, 2.75) is 12.6 Å². The van der Waals surface area contributed by atoms with Crippen LogP contribution in [0.15, 0.2) is 36.7 Å². The number of hydrogen-bond donors (Lipinski definition) is 1. The zero-order valence-corrected chi connectivity index (χ0v) is 12.2. The number of hydrogen-bond acceptors (Lipinski definition) is 3. The molecule has 0 fully saturated rings. The van der Waals surface area contributed by atoms with E-state index in [1.807, 2.05) is 44.0 Å². The fourth-order valence-corrected chi connectivity index (χ4v) is 2.27. The van der Waals surface area contributed by atoms with Crippen LogP contribution >= 0.6 is 0 Å². The second-order valence-electron chi connectivity index (χ2n) is 5.01. The summed E-state index contributed by atoms with van der Waals surface area (Å²) in [6, 6.07) is 6.86. The molecule has 0 spiro atoms. The Bertz CT molecular complexity index is 552. The molecular weight excluding hydrogens is 255 g/mol. The summed E-state index contributed by atoms with van der Waals surface area (Å²) in [7, 11) is 5.84. The van der Waals surface area contributed by atoms with Gasteiger partial charge in [0.05, 0.1) is 6.54 Å². The average molecular weight is 276 g/mol. The molecular formula is C15H21FN4. The second kappa shape index (κ2) is 6.63. The van der Waals surface area contributed by atoms with E-state index < -0.39 is 0 Å². The van der Waals surface area contributed by atoms with E-state index in [2.05, 4.69) is 15.2 Å². The SMILES string of the molecule is CNC(CN(C)Cc1nccn1C)c1ccccc1F. The summed E-state index contributed by atoms with van der Waals surface area (Å²) in [4.78, 5) is 6.44. The predicted octanol–water partition coefficient (Wildman–Crippen LogP) is 1.95. The fraction of sp³-hybridized carbons (Fsp3) is 0.400. The van der Waals surface area contributed by atoms with Crippen LogP contribution in [0, 0.1) is 5.82 Å². The molecule has 20 heavy (non-hydrogen) atoms. The summed E-state index contributed by atoms with van der Waals surface area (Å²) in [5.41, 5.74) is 0.696. The van der Waals surface area contributed by atoms with Gasteiger partial charge in [-0.05, 0) is 20.2 Å². The van der Waals surface area contributed by atoms with Crippen molar-refractivity contribution in [1.82, 2.24) is 19.8 Å². The molecule has 0 bridgehead atoms. The van der Waals surface area contributed by atoms with Crippen molar-refractivity contribution < 1.29 is 4.39 Å². The van der Waals surface area contributed by atoms with Crippen molar-refractivity contribution in [2.24, 2.45) is 7.05 Å². The van der Waals surface area contributed by atoms with Gasteiger partial charge in [-0.1, -0.05) is 18.2 Å². The Labute approximate surface area is 119 Å². The minimum absolute atomic E-state index is 0.0403. The molecule has 108 valence electrons. The van der Waals surface area contributed by atoms with Crippen LogP contribution in [-0.2, 0) is 13.6 Å². The van der Waals surface area contributed by atoms with E-state index in [-0.39, 0.29) is 11.9 Å². The van der Waals surface area contributed by atoms with Crippen molar-refractivity contribution in [3.8, 4) is 0 Å². The van der Waals surface area contributed by atoms with Gasteiger partial charge in [-0.15, -0.1) is 0 Å². The minimum atomic E-state index is -0.169. The third-order valence-corrected chi connectivity index (χ3v) is 3.46. The molecule has 1 aromatic heterocycles. The van der Waals surface area contributed by atoms with Gasteiger partial charge < -0.3 is 9.88 Å². The number of halogens is 1. The van der Waals surface area contributed by atoms with E-state index in [0.717, 1.165) is 12.4 Å². The van der Waals surface area contributed by atoms with Crippen LogP contribution in [0.1, 0.15) is 17.4 Å². The summed E-state index contributed by atoms with van der Waals surface area (Å²) in [5, 5.41) is 3.18. The maximum absolute atomic E-state index is 13.8. The first-order valence-corrected chi connectivity index (χ1v) is 6.68. The fourth-order valence-electron chi connectivity index (χ4n) is 2.27. The molecule has 1 atom stereocenters. The molecule has 0 aliphatic rings. The quantitative estimate of drug-likeness (QED) is 0.875. The summed E-state index contributed by atoms with van der Waals surface area (Å²) < 4.78 is 15.8. The second-order valence-corrected chi connectivity index (χ2v) is 5.01. The van der Waals surface area contributed by atoms with Gasteiger partial charge in [0.25, 0.3) is 0 Å². The highest BCUT2D eigenvalue weighted by Gasteiger charge is 2.16. The molecule has 0 aliphatic heterocycles. The van der Waals surface area contributed by atoms with E-state index >= 15 is 0 Å². The number of nitrogens with zero attached hydrogens (tertiary/aromatic N) is 3. The van der Waals surface area contributed by atoms with Gasteiger partial charge >= 0.3 is 0 Å². The van der Waals surface area contributed by atoms with Crippen LogP contribution in [0.4, 0.5) is 4.39 Å². The first-order chi connectivity index (χ1) is 9.61. The van der Waals surface area contributed by atoms with Crippen LogP contribution in [-0.4, -0.2) is 35.1 Å². The van der Waals surface area contributed by atoms with Crippen LogP contribution in [0.25, 0.3) is 0 Å². The van der Waals surface area contributed by atoms with Gasteiger partial charge in [-0.3, -0.25) is 4.90 Å². The molecule has 1 N–H and O–H groups in total. The molecule has 1 unspecified atom stereocenters. The molecule has 1 aromatic carbocycles. The highest BCUT2D eigenvalue weighted by atomic mass is 19.1. The smallest absolute Gasteiger partial charge is 0.128 e. The zero-order valence-electron chi connectivity index (χ0n) is 12.2. The van der Waals surface area contributed by atoms with Crippen molar-refractivity contribution in [3.05, 3.63) is 53.9 Å². The molecule has 4 nitrogen and oxygen atoms in total. The third-order valence-electron chi connectivity index (χ3n) is 3.46. The lowest BCUT2D eigenvalue weighted by Crippen LogP contribution is -2.32. The first kappa shape index (κ1) is 14.7. The lowest BCUT2D eigenvalue weighted by Gasteiger charge is -2.24. The van der Waals surface area contributed by atoms with Gasteiger partial charge in [0.2, 0.25) is 0 Å². The lowest BCUT2D eigenvalue weighted by atomic mass is 10.1. The normalized spacial score (nSPS) is 12.8. The Kier molecular flexibility index (Phi) is 4.87. The Hall–Kier alpha value is -1.72. The van der Waals surface area contributed by atoms with E-state index in [1.54, 1.807) is 12.3 Å². The number of likely N-dealkylation sites (N-methyl/N-ethyl adjacent to an activating group) is 2. The summed E-state index contributed by atoms with van der Waals surface area (Å²) in [6.07, 6.45) is 3.71. The Balaban J connectivity index is 2.03. The predicted molar refractivity (Wildman–Crippen MR) is 77.7 cm³/mol. The third kappa shape index (κ3) is 3.43. The topological polar surface area (TPSA) is 33.1 Å². The number of aromatic nitrogens is 2. The summed E-state index contributed by atoms with van der Waals surface area (Å²) in [5.74, 6) is 0.827. The van der Waals surface area contributed by atoms with E-state index in [9.17, 15) is 4.39 Å². The van der Waals surface area contributed by atoms with E-state index in [4.69, 9.17) is 0 Å². The van der Waals surface area contributed by atoms with Crippen LogP contribution in [0.2, 0.25) is 0 Å². The number of aryl methyl sites for hydroxylation is 1. The molecule has 2 rings (SSSR count). The highest BCUT2D eigenvalue weighted by Crippen LogP contribution is 2.17. The molecule has 2 aromatic rings. The monoisotopic (exact) mass is 276 g/mol. The van der Waals surface area contributed by atoms with Crippen molar-refractivity contribution >= 4 is 0 Å². The maximum atomic E-state index is 13.8. The van der Waals surface area contributed by atoms with Crippen molar-refractivity contribution in [2.75, 3.05) is 20.6 Å². The molecule has 1 heterocycles. The van der Waals surface area contributed by atoms with Gasteiger partial charge in [-0.2, -0.15) is 0 Å². The first-order valence-electron chi connectivity index (χ1n) is 6.68. The molecule has 0 aliphatic carbocycles. The number of nitrogens with one attached hydrogen (secondary N) is 1. The minimum Gasteiger partial charge on any atom is -0.337 e. The summed E-state index contributed by atoms with van der Waals surface area (Å²) >= 11 is 0. The van der Waals surface area contributed by atoms with Crippen LogP contribution < -0.4 is 5.32 Å². The van der Waals surface area contributed by atoms with E-state index in [1.165, 1.54) is 6.07 Å². The van der Waals surface area contributed by atoms with Gasteiger partial charge in [0, 0.05) is 37.6 Å². The highest BCUT2D eigenvalue weighted by molar-refractivity contribution is 5.21. The molecule has 0 radical (unpaired) electrons. The zero-order chi connectivity index (χ0) is 14.5. The van der Waals surface area contributed by atoms with Gasteiger partial charge in [0.15, 0.2) is 0 Å². The van der Waals surface area contributed by atoms with Gasteiger partial charge in [-0.25, -0.2) is 9.37 Å². The molecule has 0 saturated carbocycles. The molecule has 5 heteroatoms. The largest absolute Gasteiger partial charge is 0.337 e. The standard InChI is InChI=1S/C15H21FN4/c1-17-14(12-6-4-5-7-13(12)16)10-19(2)11-15-18-8-9-20(15)3/h4-9,14,17H,10-11H2,1-3H3. The Morgan fingerprint density at radius 3 is 2.75 bits per heavy atom. The van der Waals surface area contributed by atoms with Crippen molar-refractivity contribution in [1.29, 1.82) is 0 Å². The number of benzene rings is 1. The maximum Gasteiger partial charge on any atom is 0.128 e. The van der Waals surface area contributed by atoms with Crippen molar-refractivity contribution in [3.63, 3.8) is 0 Å². The summed E-state index contributed by atoms with van der Waals surface area (Å²) in [6.45, 7) is 1.44. The van der Waals surface area contributed by atoms with Crippen LogP contribution in [0.5, 0.6) is 0 Å². The Morgan fingerprint density at radius 2 is 2.15 bits per heavy atom. The van der Waals surface area contributed by atoms with Crippen LogP contribution in [0.3, 0.4) is 0 Å². The van der Waals surface area contributed by atoms with Gasteiger partial charge in [0.1, 0.15) is 11.6 Å². The lowest BCUT2D eigenvalue weighted by molar-refractivity contribution is 0.278. The van der Waals surface area contributed by atoms with E-state index in [0.29, 0.717) is 12.1 Å². The Morgan fingerprint density at radius 1 is 1.40 bits per heavy atom. The molecule has 0 saturated heterocycles. The number of imidazole rings is 1.